The summed E-state index contributed by atoms with van der Waals surface area (Å²) in [6.45, 7) is 3.83. The second-order valence-electron chi connectivity index (χ2n) is 4.90. The minimum absolute atomic E-state index is 0.125. The number of aliphatic hydroxyl groups excluding tert-OH is 1. The number of halogens is 1. The zero-order valence-electron chi connectivity index (χ0n) is 11.3. The lowest BCUT2D eigenvalue weighted by molar-refractivity contribution is -0.384. The van der Waals surface area contributed by atoms with Gasteiger partial charge in [0.15, 0.2) is 0 Å². The van der Waals surface area contributed by atoms with E-state index in [9.17, 15) is 20.0 Å². The molecule has 1 atom stereocenters. The molecular weight excluding hydrogens is 375 g/mol. The molecule has 110 valence electrons. The Labute approximate surface area is 130 Å². The Morgan fingerprint density at radius 2 is 2.15 bits per heavy atom. The maximum absolute atomic E-state index is 12.1. The predicted molar refractivity (Wildman–Crippen MR) is 83.6 cm³/mol. The van der Waals surface area contributed by atoms with Crippen molar-refractivity contribution in [3.8, 4) is 0 Å². The van der Waals surface area contributed by atoms with Crippen LogP contribution >= 0.6 is 22.6 Å². The maximum Gasteiger partial charge on any atom is 0.270 e. The van der Waals surface area contributed by atoms with Crippen LogP contribution in [0.2, 0.25) is 0 Å². The van der Waals surface area contributed by atoms with Crippen LogP contribution in [-0.2, 0) is 0 Å². The molecule has 6 nitrogen and oxygen atoms in total. The van der Waals surface area contributed by atoms with Gasteiger partial charge in [0.2, 0.25) is 0 Å². The fraction of sp³-hybridized carbons (Fsp3) is 0.462. The molecule has 0 aromatic heterocycles. The highest BCUT2D eigenvalue weighted by atomic mass is 127. The first kappa shape index (κ1) is 16.8. The number of carbonyl (C=O) groups is 1. The number of amides is 1. The van der Waals surface area contributed by atoms with Gasteiger partial charge < -0.3 is 10.4 Å². The van der Waals surface area contributed by atoms with E-state index in [2.05, 4.69) is 5.32 Å². The number of nitro benzene ring substituents is 1. The van der Waals surface area contributed by atoms with Gasteiger partial charge in [-0.3, -0.25) is 14.9 Å². The Morgan fingerprint density at radius 1 is 1.50 bits per heavy atom. The third kappa shape index (κ3) is 4.71. The van der Waals surface area contributed by atoms with Crippen LogP contribution in [0.1, 0.15) is 30.6 Å². The number of non-ortho nitro benzene ring substituents is 1. The van der Waals surface area contributed by atoms with Crippen molar-refractivity contribution in [2.45, 2.75) is 26.3 Å². The van der Waals surface area contributed by atoms with Crippen molar-refractivity contribution in [2.24, 2.45) is 5.92 Å². The number of hydrogen-bond acceptors (Lipinski definition) is 4. The number of hydrogen-bond donors (Lipinski definition) is 2. The molecule has 0 aliphatic heterocycles. The summed E-state index contributed by atoms with van der Waals surface area (Å²) in [5, 5.41) is 22.7. The van der Waals surface area contributed by atoms with E-state index in [4.69, 9.17) is 0 Å². The molecule has 1 unspecified atom stereocenters. The van der Waals surface area contributed by atoms with Crippen LogP contribution in [0.4, 0.5) is 5.69 Å². The van der Waals surface area contributed by atoms with Crippen LogP contribution in [0.3, 0.4) is 0 Å². The lowest BCUT2D eigenvalue weighted by Crippen LogP contribution is -2.38. The van der Waals surface area contributed by atoms with E-state index < -0.39 is 10.8 Å². The van der Waals surface area contributed by atoms with Crippen molar-refractivity contribution >= 4 is 34.2 Å². The molecule has 0 bridgehead atoms. The second-order valence-corrected chi connectivity index (χ2v) is 6.07. The van der Waals surface area contributed by atoms with Crippen molar-refractivity contribution in [3.05, 3.63) is 37.4 Å². The zero-order valence-corrected chi connectivity index (χ0v) is 13.5. The summed E-state index contributed by atoms with van der Waals surface area (Å²) in [6, 6.07) is 3.79. The van der Waals surface area contributed by atoms with Crippen LogP contribution in [0.5, 0.6) is 0 Å². The van der Waals surface area contributed by atoms with Crippen LogP contribution in [0.25, 0.3) is 0 Å². The largest absolute Gasteiger partial charge is 0.394 e. The van der Waals surface area contributed by atoms with Gasteiger partial charge in [-0.1, -0.05) is 13.8 Å². The Kier molecular flexibility index (Phi) is 6.34. The summed E-state index contributed by atoms with van der Waals surface area (Å²) in [5.74, 6) is -0.0746. The van der Waals surface area contributed by atoms with Crippen molar-refractivity contribution in [3.63, 3.8) is 0 Å². The third-order valence-electron chi connectivity index (χ3n) is 2.72. The van der Waals surface area contributed by atoms with Gasteiger partial charge in [0, 0.05) is 15.7 Å². The lowest BCUT2D eigenvalue weighted by Gasteiger charge is -2.18. The van der Waals surface area contributed by atoms with Gasteiger partial charge >= 0.3 is 0 Å². The molecule has 0 saturated carbocycles. The minimum atomic E-state index is -0.537. The Morgan fingerprint density at radius 3 is 2.65 bits per heavy atom. The van der Waals surface area contributed by atoms with E-state index in [1.54, 1.807) is 0 Å². The first-order valence-electron chi connectivity index (χ1n) is 6.20. The minimum Gasteiger partial charge on any atom is -0.394 e. The van der Waals surface area contributed by atoms with Crippen LogP contribution in [0, 0.1) is 19.6 Å². The summed E-state index contributed by atoms with van der Waals surface area (Å²) < 4.78 is 0.631. The average molecular weight is 392 g/mol. The molecule has 1 amide bonds. The highest BCUT2D eigenvalue weighted by Crippen LogP contribution is 2.20. The monoisotopic (exact) mass is 392 g/mol. The van der Waals surface area contributed by atoms with Gasteiger partial charge in [-0.25, -0.2) is 0 Å². The highest BCUT2D eigenvalue weighted by Gasteiger charge is 2.19. The Bertz CT molecular complexity index is 505. The molecule has 2 N–H and O–H groups in total. The summed E-state index contributed by atoms with van der Waals surface area (Å²) in [6.07, 6.45) is 0.647. The fourth-order valence-corrected chi connectivity index (χ4v) is 2.39. The maximum atomic E-state index is 12.1. The second kappa shape index (κ2) is 7.53. The van der Waals surface area contributed by atoms with Gasteiger partial charge in [0.25, 0.3) is 11.6 Å². The molecule has 0 aliphatic rings. The molecule has 7 heteroatoms. The molecule has 0 aliphatic carbocycles. The molecule has 20 heavy (non-hydrogen) atoms. The van der Waals surface area contributed by atoms with Crippen LogP contribution in [-0.4, -0.2) is 28.6 Å². The Hall–Kier alpha value is -1.22. The summed E-state index contributed by atoms with van der Waals surface area (Å²) in [5.41, 5.74) is 0.127. The Balaban J connectivity index is 2.91. The standard InChI is InChI=1S/C13H17IN2O4/c1-8(2)5-9(7-17)15-13(18)11-6-10(16(19)20)3-4-12(11)14/h3-4,6,8-9,17H,5,7H2,1-2H3,(H,15,18). The summed E-state index contributed by atoms with van der Waals surface area (Å²) in [4.78, 5) is 22.3. The average Bonchev–Trinajstić information content (AvgIpc) is 2.37. The number of carbonyl (C=O) groups excluding carboxylic acids is 1. The number of nitrogens with one attached hydrogen (secondary N) is 1. The van der Waals surface area contributed by atoms with E-state index in [1.165, 1.54) is 18.2 Å². The number of rotatable bonds is 6. The molecule has 0 radical (unpaired) electrons. The molecule has 0 fully saturated rings. The van der Waals surface area contributed by atoms with E-state index in [1.807, 2.05) is 36.4 Å². The highest BCUT2D eigenvalue weighted by molar-refractivity contribution is 14.1. The summed E-state index contributed by atoms with van der Waals surface area (Å²) >= 11 is 1.95. The van der Waals surface area contributed by atoms with Crippen molar-refractivity contribution in [1.29, 1.82) is 0 Å². The predicted octanol–water partition coefficient (Wildman–Crippen LogP) is 2.34. The topological polar surface area (TPSA) is 92.5 Å². The summed E-state index contributed by atoms with van der Waals surface area (Å²) in [7, 11) is 0. The molecule has 0 saturated heterocycles. The first-order chi connectivity index (χ1) is 9.35. The van der Waals surface area contributed by atoms with Crippen LogP contribution < -0.4 is 5.32 Å². The molecule has 1 aromatic rings. The molecular formula is C13H17IN2O4. The smallest absolute Gasteiger partial charge is 0.270 e. The van der Waals surface area contributed by atoms with Crippen molar-refractivity contribution in [2.75, 3.05) is 6.61 Å². The molecule has 1 rings (SSSR count). The van der Waals surface area contributed by atoms with Crippen molar-refractivity contribution < 1.29 is 14.8 Å². The van der Waals surface area contributed by atoms with Gasteiger partial charge in [0.05, 0.1) is 23.1 Å². The van der Waals surface area contributed by atoms with Crippen molar-refractivity contribution in [1.82, 2.24) is 5.32 Å². The normalized spacial score (nSPS) is 12.2. The molecule has 0 heterocycles. The molecule has 0 spiro atoms. The third-order valence-corrected chi connectivity index (χ3v) is 3.66. The van der Waals surface area contributed by atoms with Crippen LogP contribution in [0.15, 0.2) is 18.2 Å². The fourth-order valence-electron chi connectivity index (χ4n) is 1.81. The zero-order chi connectivity index (χ0) is 15.3. The van der Waals surface area contributed by atoms with E-state index in [0.717, 1.165) is 0 Å². The SMILES string of the molecule is CC(C)CC(CO)NC(=O)c1cc([N+](=O)[O-])ccc1I. The number of aliphatic hydroxyl groups is 1. The van der Waals surface area contributed by atoms with Gasteiger partial charge in [-0.2, -0.15) is 0 Å². The van der Waals surface area contributed by atoms with Gasteiger partial charge in [-0.15, -0.1) is 0 Å². The quantitative estimate of drug-likeness (QED) is 0.442. The van der Waals surface area contributed by atoms with E-state index in [-0.39, 0.29) is 23.9 Å². The molecule has 1 aromatic carbocycles. The number of benzene rings is 1. The van der Waals surface area contributed by atoms with E-state index >= 15 is 0 Å². The number of nitro groups is 1. The number of nitrogens with zero attached hydrogens (tertiary/aromatic N) is 1. The van der Waals surface area contributed by atoms with Gasteiger partial charge in [0.1, 0.15) is 0 Å². The first-order valence-corrected chi connectivity index (χ1v) is 7.28. The van der Waals surface area contributed by atoms with Gasteiger partial charge in [-0.05, 0) is 41.0 Å². The van der Waals surface area contributed by atoms with E-state index in [0.29, 0.717) is 15.9 Å². The lowest BCUT2D eigenvalue weighted by atomic mass is 10.0.